The normalized spacial score (nSPS) is 15.8. The first-order chi connectivity index (χ1) is 17.4. The van der Waals surface area contributed by atoms with E-state index in [0.717, 1.165) is 6.26 Å². The summed E-state index contributed by atoms with van der Waals surface area (Å²) in [5.41, 5.74) is 0. The van der Waals surface area contributed by atoms with Crippen LogP contribution in [0.3, 0.4) is 0 Å². The van der Waals surface area contributed by atoms with Crippen molar-refractivity contribution >= 4 is 29.5 Å². The minimum absolute atomic E-state index is 0.00969. The molecule has 0 saturated carbocycles. The Morgan fingerprint density at radius 1 is 0.889 bits per heavy atom. The van der Waals surface area contributed by atoms with Gasteiger partial charge in [0.15, 0.2) is 12.9 Å². The molecule has 0 aliphatic carbocycles. The largest absolute Gasteiger partial charge is 0.484 e. The molecule has 0 atom stereocenters. The standard InChI is InChI=1S/C22H31N3O11/c26-17(15-35-16-22(31)36-25-20(29)5-6-21(25)30)23-7-1-9-32-11-13-34-14-12-33-10-2-8-24-18(27)3-4-19(24)28/h3-4,16,31H,1-2,5-15H2,(H,23,26)/b22-16+. The summed E-state index contributed by atoms with van der Waals surface area (Å²) in [5, 5.41) is 12.5. The highest BCUT2D eigenvalue weighted by molar-refractivity contribution is 6.12. The van der Waals surface area contributed by atoms with Crippen molar-refractivity contribution in [1.29, 1.82) is 0 Å². The molecular weight excluding hydrogens is 482 g/mol. The number of amides is 5. The molecule has 0 aromatic heterocycles. The van der Waals surface area contributed by atoms with Gasteiger partial charge in [0.2, 0.25) is 0 Å². The zero-order valence-electron chi connectivity index (χ0n) is 19.8. The summed E-state index contributed by atoms with van der Waals surface area (Å²) < 4.78 is 21.0. The maximum Gasteiger partial charge on any atom is 0.340 e. The van der Waals surface area contributed by atoms with E-state index in [0.29, 0.717) is 70.6 Å². The van der Waals surface area contributed by atoms with Gasteiger partial charge in [-0.25, -0.2) is 0 Å². The average Bonchev–Trinajstić information content (AvgIpc) is 3.34. The number of aliphatic hydroxyl groups excluding tert-OH is 1. The summed E-state index contributed by atoms with van der Waals surface area (Å²) in [4.78, 5) is 62.9. The lowest BCUT2D eigenvalue weighted by Crippen LogP contribution is -2.31. The second-order valence-corrected chi connectivity index (χ2v) is 7.50. The number of hydrogen-bond acceptors (Lipinski definition) is 11. The Balaban J connectivity index is 1.33. The molecule has 5 amide bonds. The number of nitrogens with zero attached hydrogens (tertiary/aromatic N) is 2. The van der Waals surface area contributed by atoms with Crippen molar-refractivity contribution in [2.45, 2.75) is 25.7 Å². The monoisotopic (exact) mass is 513 g/mol. The molecule has 0 aromatic rings. The van der Waals surface area contributed by atoms with Gasteiger partial charge < -0.3 is 34.2 Å². The van der Waals surface area contributed by atoms with Gasteiger partial charge in [0.05, 0.1) is 26.4 Å². The van der Waals surface area contributed by atoms with Crippen LogP contribution in [-0.2, 0) is 47.8 Å². The zero-order chi connectivity index (χ0) is 26.2. The third-order valence-electron chi connectivity index (χ3n) is 4.69. The van der Waals surface area contributed by atoms with Gasteiger partial charge in [0.1, 0.15) is 0 Å². The average molecular weight is 514 g/mol. The van der Waals surface area contributed by atoms with Gasteiger partial charge >= 0.3 is 5.95 Å². The van der Waals surface area contributed by atoms with Crippen molar-refractivity contribution in [3.05, 3.63) is 24.4 Å². The van der Waals surface area contributed by atoms with Gasteiger partial charge in [-0.05, 0) is 12.8 Å². The summed E-state index contributed by atoms with van der Waals surface area (Å²) >= 11 is 0. The highest BCUT2D eigenvalue weighted by Gasteiger charge is 2.32. The van der Waals surface area contributed by atoms with E-state index >= 15 is 0 Å². The minimum atomic E-state index is -0.820. The van der Waals surface area contributed by atoms with E-state index in [9.17, 15) is 29.1 Å². The highest BCUT2D eigenvalue weighted by Crippen LogP contribution is 2.14. The van der Waals surface area contributed by atoms with Crippen molar-refractivity contribution in [1.82, 2.24) is 15.3 Å². The highest BCUT2D eigenvalue weighted by atomic mass is 16.8. The van der Waals surface area contributed by atoms with Crippen LogP contribution >= 0.6 is 0 Å². The van der Waals surface area contributed by atoms with E-state index in [2.05, 4.69) is 10.2 Å². The Bertz CT molecular complexity index is 809. The number of aliphatic hydroxyl groups is 1. The number of imide groups is 2. The van der Waals surface area contributed by atoms with Crippen LogP contribution in [0.1, 0.15) is 25.7 Å². The molecule has 0 bridgehead atoms. The van der Waals surface area contributed by atoms with Gasteiger partial charge in [-0.2, -0.15) is 0 Å². The number of ether oxygens (including phenoxy) is 4. The number of hydrogen-bond donors (Lipinski definition) is 2. The van der Waals surface area contributed by atoms with E-state index in [1.165, 1.54) is 17.1 Å². The van der Waals surface area contributed by atoms with E-state index in [1.54, 1.807) is 0 Å². The third-order valence-corrected chi connectivity index (χ3v) is 4.69. The molecule has 2 rings (SSSR count). The van der Waals surface area contributed by atoms with Crippen LogP contribution in [0.2, 0.25) is 0 Å². The van der Waals surface area contributed by atoms with E-state index in [4.69, 9.17) is 18.9 Å². The molecule has 1 saturated heterocycles. The number of carbonyl (C=O) groups is 5. The first-order valence-corrected chi connectivity index (χ1v) is 11.5. The Kier molecular flexibility index (Phi) is 13.0. The van der Waals surface area contributed by atoms with Crippen LogP contribution in [0, 0.1) is 0 Å². The zero-order valence-corrected chi connectivity index (χ0v) is 19.8. The first-order valence-electron chi connectivity index (χ1n) is 11.5. The molecule has 14 nitrogen and oxygen atoms in total. The number of rotatable bonds is 19. The lowest BCUT2D eigenvalue weighted by Gasteiger charge is -2.13. The van der Waals surface area contributed by atoms with Gasteiger partial charge in [0, 0.05) is 51.3 Å². The molecule has 2 aliphatic heterocycles. The molecule has 2 heterocycles. The van der Waals surface area contributed by atoms with Crippen LogP contribution in [0.25, 0.3) is 0 Å². The van der Waals surface area contributed by atoms with Crippen LogP contribution in [0.5, 0.6) is 0 Å². The third kappa shape index (κ3) is 10.8. The van der Waals surface area contributed by atoms with Crippen LogP contribution in [0.4, 0.5) is 0 Å². The van der Waals surface area contributed by atoms with Crippen LogP contribution in [-0.4, -0.2) is 104 Å². The molecule has 1 fully saturated rings. The number of carbonyl (C=O) groups excluding carboxylic acids is 5. The topological polar surface area (TPSA) is 170 Å². The lowest BCUT2D eigenvalue weighted by atomic mass is 10.4. The van der Waals surface area contributed by atoms with Crippen molar-refractivity contribution in [2.24, 2.45) is 0 Å². The maximum absolute atomic E-state index is 11.7. The fraction of sp³-hybridized carbons (Fsp3) is 0.591. The second kappa shape index (κ2) is 16.2. The van der Waals surface area contributed by atoms with Gasteiger partial charge in [-0.3, -0.25) is 28.9 Å². The summed E-state index contributed by atoms with van der Waals surface area (Å²) in [5.74, 6) is -3.00. The summed E-state index contributed by atoms with van der Waals surface area (Å²) in [6, 6.07) is 0. The molecule has 36 heavy (non-hydrogen) atoms. The van der Waals surface area contributed by atoms with Crippen molar-refractivity contribution < 1.29 is 52.9 Å². The summed E-state index contributed by atoms with van der Waals surface area (Å²) in [6.45, 7) is 2.67. The summed E-state index contributed by atoms with van der Waals surface area (Å²) in [7, 11) is 0. The summed E-state index contributed by atoms with van der Waals surface area (Å²) in [6.07, 6.45) is 4.37. The minimum Gasteiger partial charge on any atom is -0.484 e. The maximum atomic E-state index is 11.7. The van der Waals surface area contributed by atoms with Crippen molar-refractivity contribution in [3.63, 3.8) is 0 Å². The Hall–Kier alpha value is -3.49. The predicted molar refractivity (Wildman–Crippen MR) is 119 cm³/mol. The fourth-order valence-corrected chi connectivity index (χ4v) is 2.93. The fourth-order valence-electron chi connectivity index (χ4n) is 2.93. The second-order valence-electron chi connectivity index (χ2n) is 7.50. The Labute approximate surface area is 207 Å². The predicted octanol–water partition coefficient (Wildman–Crippen LogP) is -0.688. The molecule has 0 aromatic carbocycles. The molecule has 14 heteroatoms. The lowest BCUT2D eigenvalue weighted by molar-refractivity contribution is -0.187. The van der Waals surface area contributed by atoms with E-state index in [-0.39, 0.29) is 24.7 Å². The molecule has 2 aliphatic rings. The molecule has 2 N–H and O–H groups in total. The van der Waals surface area contributed by atoms with E-state index < -0.39 is 30.3 Å². The Morgan fingerprint density at radius 2 is 1.44 bits per heavy atom. The number of hydroxylamine groups is 2. The SMILES string of the molecule is O=C(CO/C=C(\O)ON1C(=O)CCC1=O)NCCCOCCOCCOCCCN1C(=O)C=CC1=O. The number of nitrogens with one attached hydrogen (secondary N) is 1. The molecular formula is C22H31N3O11. The molecule has 0 radical (unpaired) electrons. The van der Waals surface area contributed by atoms with Gasteiger partial charge in [-0.15, -0.1) is 5.06 Å². The molecule has 0 unspecified atom stereocenters. The van der Waals surface area contributed by atoms with Crippen molar-refractivity contribution in [2.75, 3.05) is 59.3 Å². The van der Waals surface area contributed by atoms with Crippen LogP contribution in [0.15, 0.2) is 24.4 Å². The smallest absolute Gasteiger partial charge is 0.340 e. The first kappa shape index (κ1) is 28.7. The van der Waals surface area contributed by atoms with Crippen molar-refractivity contribution in [3.8, 4) is 0 Å². The van der Waals surface area contributed by atoms with Gasteiger partial charge in [-0.1, -0.05) is 0 Å². The Morgan fingerprint density at radius 3 is 2.06 bits per heavy atom. The van der Waals surface area contributed by atoms with Crippen LogP contribution < -0.4 is 5.32 Å². The van der Waals surface area contributed by atoms with Gasteiger partial charge in [0.25, 0.3) is 29.5 Å². The molecule has 0 spiro atoms. The van der Waals surface area contributed by atoms with E-state index in [1.807, 2.05) is 0 Å². The molecule has 200 valence electrons. The quantitative estimate of drug-likeness (QED) is 0.127.